The van der Waals surface area contributed by atoms with Gasteiger partial charge in [0.15, 0.2) is 11.5 Å². The third-order valence-electron chi connectivity index (χ3n) is 1.56. The van der Waals surface area contributed by atoms with E-state index in [0.29, 0.717) is 16.5 Å². The zero-order valence-electron chi connectivity index (χ0n) is 5.76. The zero-order chi connectivity index (χ0) is 7.84. The molecule has 1 aliphatic heterocycles. The van der Waals surface area contributed by atoms with Gasteiger partial charge in [-0.25, -0.2) is 0 Å². The second-order valence-electron chi connectivity index (χ2n) is 2.27. The molecule has 1 aromatic rings. The first-order valence-corrected chi connectivity index (χ1v) is 3.57. The molecule has 0 unspecified atom stereocenters. The van der Waals surface area contributed by atoms with E-state index in [2.05, 4.69) is 6.92 Å². The summed E-state index contributed by atoms with van der Waals surface area (Å²) in [7, 11) is 0. The van der Waals surface area contributed by atoms with Crippen LogP contribution in [0.1, 0.15) is 5.56 Å². The molecule has 1 heterocycles. The maximum Gasteiger partial charge on any atom is 0.231 e. The normalized spacial score (nSPS) is 13.6. The van der Waals surface area contributed by atoms with Crippen molar-refractivity contribution >= 4 is 11.6 Å². The van der Waals surface area contributed by atoms with Crippen molar-refractivity contribution < 1.29 is 9.47 Å². The SMILES string of the molecule is [CH2]c1ccc2c(c1Cl)OCO2. The lowest BCUT2D eigenvalue weighted by Crippen LogP contribution is -1.93. The molecule has 0 bridgehead atoms. The van der Waals surface area contributed by atoms with Crippen LogP contribution in [0.5, 0.6) is 11.5 Å². The topological polar surface area (TPSA) is 18.5 Å². The number of halogens is 1. The van der Waals surface area contributed by atoms with Crippen molar-refractivity contribution in [1.29, 1.82) is 0 Å². The molecule has 0 aromatic heterocycles. The Morgan fingerprint density at radius 2 is 2.18 bits per heavy atom. The van der Waals surface area contributed by atoms with Gasteiger partial charge in [-0.3, -0.25) is 0 Å². The number of rotatable bonds is 0. The molecule has 0 spiro atoms. The van der Waals surface area contributed by atoms with Gasteiger partial charge in [0, 0.05) is 0 Å². The van der Waals surface area contributed by atoms with Crippen molar-refractivity contribution in [3.05, 3.63) is 29.6 Å². The van der Waals surface area contributed by atoms with Crippen LogP contribution in [0.3, 0.4) is 0 Å². The second kappa shape index (κ2) is 2.31. The molecule has 0 saturated carbocycles. The van der Waals surface area contributed by atoms with E-state index in [-0.39, 0.29) is 6.79 Å². The van der Waals surface area contributed by atoms with Gasteiger partial charge in [0.25, 0.3) is 0 Å². The Labute approximate surface area is 69.7 Å². The lowest BCUT2D eigenvalue weighted by Gasteiger charge is -2.00. The average Bonchev–Trinajstić information content (AvgIpc) is 2.45. The van der Waals surface area contributed by atoms with Gasteiger partial charge in [-0.15, -0.1) is 0 Å². The molecule has 1 aliphatic rings. The van der Waals surface area contributed by atoms with Gasteiger partial charge in [0.05, 0.1) is 5.02 Å². The van der Waals surface area contributed by atoms with Gasteiger partial charge >= 0.3 is 0 Å². The van der Waals surface area contributed by atoms with Crippen LogP contribution in [-0.4, -0.2) is 6.79 Å². The van der Waals surface area contributed by atoms with Crippen LogP contribution in [0.15, 0.2) is 12.1 Å². The van der Waals surface area contributed by atoms with Crippen LogP contribution in [0.4, 0.5) is 0 Å². The predicted molar refractivity (Wildman–Crippen MR) is 42.0 cm³/mol. The van der Waals surface area contributed by atoms with Crippen molar-refractivity contribution in [3.8, 4) is 11.5 Å². The van der Waals surface area contributed by atoms with Gasteiger partial charge in [-0.1, -0.05) is 17.7 Å². The molecule has 0 N–H and O–H groups in total. The van der Waals surface area contributed by atoms with Crippen molar-refractivity contribution in [1.82, 2.24) is 0 Å². The molecular formula is C8H6ClO2. The fraction of sp³-hybridized carbons (Fsp3) is 0.125. The molecule has 11 heavy (non-hydrogen) atoms. The standard InChI is InChI=1S/C8H6ClO2/c1-5-2-3-6-8(7(5)9)11-4-10-6/h2-3H,1,4H2. The highest BCUT2D eigenvalue weighted by molar-refractivity contribution is 6.33. The van der Waals surface area contributed by atoms with Crippen molar-refractivity contribution in [2.45, 2.75) is 0 Å². The molecule has 1 aromatic carbocycles. The summed E-state index contributed by atoms with van der Waals surface area (Å²) >= 11 is 5.87. The number of hydrogen-bond donors (Lipinski definition) is 0. The third kappa shape index (κ3) is 0.942. The fourth-order valence-corrected chi connectivity index (χ4v) is 1.19. The molecule has 0 fully saturated rings. The minimum atomic E-state index is 0.249. The van der Waals surface area contributed by atoms with E-state index in [4.69, 9.17) is 21.1 Å². The van der Waals surface area contributed by atoms with Crippen molar-refractivity contribution in [2.24, 2.45) is 0 Å². The summed E-state index contributed by atoms with van der Waals surface area (Å²) in [4.78, 5) is 0. The molecule has 0 amide bonds. The monoisotopic (exact) mass is 169 g/mol. The first-order valence-electron chi connectivity index (χ1n) is 3.19. The molecule has 57 valence electrons. The van der Waals surface area contributed by atoms with Gasteiger partial charge in [-0.2, -0.15) is 0 Å². The van der Waals surface area contributed by atoms with Gasteiger partial charge < -0.3 is 9.47 Å². The van der Waals surface area contributed by atoms with E-state index in [0.717, 1.165) is 5.56 Å². The summed E-state index contributed by atoms with van der Waals surface area (Å²) in [6, 6.07) is 3.60. The average molecular weight is 170 g/mol. The number of benzene rings is 1. The van der Waals surface area contributed by atoms with E-state index in [1.54, 1.807) is 12.1 Å². The van der Waals surface area contributed by atoms with Crippen LogP contribution in [0, 0.1) is 6.92 Å². The Morgan fingerprint density at radius 1 is 1.36 bits per heavy atom. The molecule has 3 heteroatoms. The van der Waals surface area contributed by atoms with E-state index in [1.807, 2.05) is 0 Å². The first-order chi connectivity index (χ1) is 5.29. The Balaban J connectivity index is 2.62. The van der Waals surface area contributed by atoms with Crippen LogP contribution >= 0.6 is 11.6 Å². The van der Waals surface area contributed by atoms with Crippen molar-refractivity contribution in [3.63, 3.8) is 0 Å². The maximum atomic E-state index is 5.87. The zero-order valence-corrected chi connectivity index (χ0v) is 6.52. The third-order valence-corrected chi connectivity index (χ3v) is 1.97. The fourth-order valence-electron chi connectivity index (χ4n) is 0.979. The lowest BCUT2D eigenvalue weighted by atomic mass is 10.2. The highest BCUT2D eigenvalue weighted by Gasteiger charge is 2.17. The lowest BCUT2D eigenvalue weighted by molar-refractivity contribution is 0.174. The predicted octanol–water partition coefficient (Wildman–Crippen LogP) is 2.25. The Kier molecular flexibility index (Phi) is 1.43. The summed E-state index contributed by atoms with van der Waals surface area (Å²) in [5, 5.41) is 0.542. The minimum Gasteiger partial charge on any atom is -0.454 e. The van der Waals surface area contributed by atoms with Gasteiger partial charge in [0.2, 0.25) is 6.79 Å². The van der Waals surface area contributed by atoms with Gasteiger partial charge in [-0.05, 0) is 18.6 Å². The number of ether oxygens (including phenoxy) is 2. The van der Waals surface area contributed by atoms with E-state index in [1.165, 1.54) is 0 Å². The van der Waals surface area contributed by atoms with Crippen LogP contribution < -0.4 is 9.47 Å². The summed E-state index contributed by atoms with van der Waals surface area (Å²) < 4.78 is 10.2. The largest absolute Gasteiger partial charge is 0.454 e. The molecular weight excluding hydrogens is 164 g/mol. The van der Waals surface area contributed by atoms with E-state index >= 15 is 0 Å². The minimum absolute atomic E-state index is 0.249. The molecule has 0 atom stereocenters. The summed E-state index contributed by atoms with van der Waals surface area (Å²) in [5.74, 6) is 1.31. The van der Waals surface area contributed by atoms with Crippen molar-refractivity contribution in [2.75, 3.05) is 6.79 Å². The summed E-state index contributed by atoms with van der Waals surface area (Å²) in [5.41, 5.74) is 0.760. The number of hydrogen-bond acceptors (Lipinski definition) is 2. The Morgan fingerprint density at radius 3 is 3.00 bits per heavy atom. The molecule has 0 saturated heterocycles. The summed E-state index contributed by atoms with van der Waals surface area (Å²) in [6.07, 6.45) is 0. The molecule has 2 rings (SSSR count). The Hall–Kier alpha value is -0.890. The number of fused-ring (bicyclic) bond motifs is 1. The van der Waals surface area contributed by atoms with Crippen LogP contribution in [0.2, 0.25) is 5.02 Å². The highest BCUT2D eigenvalue weighted by Crippen LogP contribution is 2.40. The molecule has 1 radical (unpaired) electrons. The van der Waals surface area contributed by atoms with Crippen LogP contribution in [0.25, 0.3) is 0 Å². The second-order valence-corrected chi connectivity index (χ2v) is 2.65. The van der Waals surface area contributed by atoms with Crippen LogP contribution in [-0.2, 0) is 0 Å². The molecule has 0 aliphatic carbocycles. The maximum absolute atomic E-state index is 5.87. The summed E-state index contributed by atoms with van der Waals surface area (Å²) in [6.45, 7) is 3.98. The smallest absolute Gasteiger partial charge is 0.231 e. The quantitative estimate of drug-likeness (QED) is 0.593. The van der Waals surface area contributed by atoms with E-state index in [9.17, 15) is 0 Å². The highest BCUT2D eigenvalue weighted by atomic mass is 35.5. The molecule has 2 nitrogen and oxygen atoms in total. The van der Waals surface area contributed by atoms with E-state index < -0.39 is 0 Å². The van der Waals surface area contributed by atoms with Gasteiger partial charge in [0.1, 0.15) is 0 Å². The Bertz CT molecular complexity index is 296. The first kappa shape index (κ1) is 6.80.